The third-order valence-corrected chi connectivity index (χ3v) is 4.52. The first kappa shape index (κ1) is 20.2. The molecule has 28 heavy (non-hydrogen) atoms. The van der Waals surface area contributed by atoms with E-state index < -0.39 is 11.9 Å². The van der Waals surface area contributed by atoms with Gasteiger partial charge in [0, 0.05) is 36.6 Å². The molecule has 2 heterocycles. The first-order valence-corrected chi connectivity index (χ1v) is 9.27. The molecule has 0 aliphatic carbocycles. The average molecular weight is 395 g/mol. The van der Waals surface area contributed by atoms with Crippen LogP contribution < -0.4 is 15.5 Å². The maximum Gasteiger partial charge on any atom is 0.433 e. The molecule has 9 heteroatoms. The van der Waals surface area contributed by atoms with Gasteiger partial charge in [0.25, 0.3) is 0 Å². The van der Waals surface area contributed by atoms with Crippen LogP contribution in [0.5, 0.6) is 0 Å². The fraction of sp³-hybridized carbons (Fsp3) is 0.474. The van der Waals surface area contributed by atoms with Crippen molar-refractivity contribution < 1.29 is 17.9 Å². The second-order valence-corrected chi connectivity index (χ2v) is 6.68. The molecule has 1 aliphatic rings. The van der Waals surface area contributed by atoms with E-state index in [9.17, 15) is 13.2 Å². The molecule has 1 aromatic heterocycles. The summed E-state index contributed by atoms with van der Waals surface area (Å²) in [7, 11) is 0. The van der Waals surface area contributed by atoms with E-state index in [4.69, 9.17) is 4.74 Å². The Morgan fingerprint density at radius 3 is 2.43 bits per heavy atom. The molecule has 1 aromatic carbocycles. The Bertz CT molecular complexity index is 776. The number of anilines is 4. The van der Waals surface area contributed by atoms with Crippen molar-refractivity contribution in [3.63, 3.8) is 0 Å². The van der Waals surface area contributed by atoms with Gasteiger partial charge in [0.1, 0.15) is 5.82 Å². The lowest BCUT2D eigenvalue weighted by Crippen LogP contribution is -2.36. The highest BCUT2D eigenvalue weighted by molar-refractivity contribution is 5.62. The number of alkyl halides is 3. The molecule has 1 atom stereocenters. The van der Waals surface area contributed by atoms with Crippen LogP contribution in [0.1, 0.15) is 26.0 Å². The Morgan fingerprint density at radius 2 is 1.82 bits per heavy atom. The number of halogens is 3. The minimum Gasteiger partial charge on any atom is -0.378 e. The van der Waals surface area contributed by atoms with E-state index in [1.165, 1.54) is 0 Å². The highest BCUT2D eigenvalue weighted by Crippen LogP contribution is 2.31. The molecule has 1 aliphatic heterocycles. The number of hydrogen-bond acceptors (Lipinski definition) is 6. The van der Waals surface area contributed by atoms with E-state index in [2.05, 4.69) is 25.5 Å². The van der Waals surface area contributed by atoms with Gasteiger partial charge in [0.2, 0.25) is 5.95 Å². The number of nitrogens with one attached hydrogen (secondary N) is 2. The van der Waals surface area contributed by atoms with Crippen molar-refractivity contribution in [1.29, 1.82) is 0 Å². The average Bonchev–Trinajstić information content (AvgIpc) is 2.68. The molecular weight excluding hydrogens is 371 g/mol. The van der Waals surface area contributed by atoms with Gasteiger partial charge in [-0.15, -0.1) is 0 Å². The van der Waals surface area contributed by atoms with Crippen molar-refractivity contribution in [3.05, 3.63) is 36.0 Å². The molecule has 1 saturated heterocycles. The molecule has 0 radical (unpaired) electrons. The Morgan fingerprint density at radius 1 is 1.14 bits per heavy atom. The van der Waals surface area contributed by atoms with Crippen LogP contribution in [0.2, 0.25) is 0 Å². The van der Waals surface area contributed by atoms with Gasteiger partial charge in [-0.1, -0.05) is 6.92 Å². The van der Waals surface area contributed by atoms with Crippen molar-refractivity contribution >= 4 is 23.1 Å². The number of ether oxygens (including phenoxy) is 1. The van der Waals surface area contributed by atoms with Crippen molar-refractivity contribution in [1.82, 2.24) is 9.97 Å². The summed E-state index contributed by atoms with van der Waals surface area (Å²) in [6.45, 7) is 6.80. The Hall–Kier alpha value is -2.55. The molecule has 0 spiro atoms. The van der Waals surface area contributed by atoms with Gasteiger partial charge in [-0.25, -0.2) is 4.98 Å². The molecule has 6 nitrogen and oxygen atoms in total. The smallest absolute Gasteiger partial charge is 0.378 e. The molecule has 0 amide bonds. The van der Waals surface area contributed by atoms with Crippen LogP contribution in [-0.4, -0.2) is 42.3 Å². The number of aromatic nitrogens is 2. The zero-order valence-electron chi connectivity index (χ0n) is 15.9. The van der Waals surface area contributed by atoms with E-state index in [1.54, 1.807) is 0 Å². The SMILES string of the molecule is CC[C@@H](C)Nc1nc(Nc2ccc(N3CCOCC3)cc2)cc(C(F)(F)F)n1. The van der Waals surface area contributed by atoms with Crippen molar-refractivity contribution in [2.75, 3.05) is 41.8 Å². The molecule has 0 bridgehead atoms. The number of benzene rings is 1. The van der Waals surface area contributed by atoms with Crippen LogP contribution in [-0.2, 0) is 10.9 Å². The minimum absolute atomic E-state index is 0.0378. The summed E-state index contributed by atoms with van der Waals surface area (Å²) in [4.78, 5) is 9.99. The van der Waals surface area contributed by atoms with Crippen molar-refractivity contribution in [3.8, 4) is 0 Å². The van der Waals surface area contributed by atoms with Crippen LogP contribution in [0.25, 0.3) is 0 Å². The molecule has 3 rings (SSSR count). The van der Waals surface area contributed by atoms with E-state index >= 15 is 0 Å². The molecule has 2 aromatic rings. The molecule has 152 valence electrons. The summed E-state index contributed by atoms with van der Waals surface area (Å²) in [5.74, 6) is 0.0452. The summed E-state index contributed by atoms with van der Waals surface area (Å²) < 4.78 is 45.0. The zero-order valence-corrected chi connectivity index (χ0v) is 15.9. The van der Waals surface area contributed by atoms with Crippen LogP contribution >= 0.6 is 0 Å². The van der Waals surface area contributed by atoms with Crippen molar-refractivity contribution in [2.24, 2.45) is 0 Å². The second kappa shape index (κ2) is 8.64. The van der Waals surface area contributed by atoms with Gasteiger partial charge in [0.05, 0.1) is 13.2 Å². The van der Waals surface area contributed by atoms with E-state index in [1.807, 2.05) is 38.1 Å². The highest BCUT2D eigenvalue weighted by Gasteiger charge is 2.34. The molecule has 0 unspecified atom stereocenters. The summed E-state index contributed by atoms with van der Waals surface area (Å²) >= 11 is 0. The zero-order chi connectivity index (χ0) is 20.1. The third kappa shape index (κ3) is 5.25. The van der Waals surface area contributed by atoms with E-state index in [-0.39, 0.29) is 17.8 Å². The quantitative estimate of drug-likeness (QED) is 0.761. The monoisotopic (exact) mass is 395 g/mol. The van der Waals surface area contributed by atoms with Gasteiger partial charge in [0.15, 0.2) is 5.69 Å². The summed E-state index contributed by atoms with van der Waals surface area (Å²) in [5.41, 5.74) is 0.714. The Kier molecular flexibility index (Phi) is 6.23. The third-order valence-electron chi connectivity index (χ3n) is 4.52. The largest absolute Gasteiger partial charge is 0.433 e. The Balaban J connectivity index is 1.79. The van der Waals surface area contributed by atoms with Crippen molar-refractivity contribution in [2.45, 2.75) is 32.5 Å². The fourth-order valence-electron chi connectivity index (χ4n) is 2.77. The van der Waals surface area contributed by atoms with Crippen LogP contribution in [0.3, 0.4) is 0 Å². The lowest BCUT2D eigenvalue weighted by atomic mass is 10.2. The van der Waals surface area contributed by atoms with Gasteiger partial charge in [-0.05, 0) is 37.6 Å². The number of rotatable bonds is 6. The summed E-state index contributed by atoms with van der Waals surface area (Å²) in [6.07, 6.45) is -3.81. The van der Waals surface area contributed by atoms with Gasteiger partial charge in [-0.3, -0.25) is 0 Å². The molecule has 1 fully saturated rings. The van der Waals surface area contributed by atoms with Crippen LogP contribution in [0.4, 0.5) is 36.3 Å². The lowest BCUT2D eigenvalue weighted by molar-refractivity contribution is -0.141. The molecule has 0 saturated carbocycles. The second-order valence-electron chi connectivity index (χ2n) is 6.68. The van der Waals surface area contributed by atoms with Gasteiger partial charge >= 0.3 is 6.18 Å². The number of nitrogens with zero attached hydrogens (tertiary/aromatic N) is 3. The fourth-order valence-corrected chi connectivity index (χ4v) is 2.77. The number of morpholine rings is 1. The highest BCUT2D eigenvalue weighted by atomic mass is 19.4. The topological polar surface area (TPSA) is 62.3 Å². The predicted molar refractivity (Wildman–Crippen MR) is 103 cm³/mol. The summed E-state index contributed by atoms with van der Waals surface area (Å²) in [5, 5.41) is 5.85. The van der Waals surface area contributed by atoms with E-state index in [0.717, 1.165) is 31.3 Å². The first-order valence-electron chi connectivity index (χ1n) is 9.27. The van der Waals surface area contributed by atoms with Gasteiger partial charge in [-0.2, -0.15) is 18.2 Å². The predicted octanol–water partition coefficient (Wildman–Crippen LogP) is 4.29. The number of hydrogen-bond donors (Lipinski definition) is 2. The molecule has 2 N–H and O–H groups in total. The summed E-state index contributed by atoms with van der Waals surface area (Å²) in [6, 6.07) is 8.38. The first-order chi connectivity index (χ1) is 13.3. The standard InChI is InChI=1S/C19H24F3N5O/c1-3-13(2)23-18-25-16(19(20,21)22)12-17(26-18)24-14-4-6-15(7-5-14)27-8-10-28-11-9-27/h4-7,12-13H,3,8-11H2,1-2H3,(H2,23,24,25,26)/t13-/m1/s1. The minimum atomic E-state index is -4.55. The Labute approximate surface area is 162 Å². The van der Waals surface area contributed by atoms with E-state index in [0.29, 0.717) is 18.9 Å². The lowest BCUT2D eigenvalue weighted by Gasteiger charge is -2.28. The van der Waals surface area contributed by atoms with Crippen LogP contribution in [0.15, 0.2) is 30.3 Å². The normalized spacial score (nSPS) is 16.0. The van der Waals surface area contributed by atoms with Crippen LogP contribution in [0, 0.1) is 0 Å². The maximum atomic E-state index is 13.2. The maximum absolute atomic E-state index is 13.2. The molecular formula is C19H24F3N5O. The van der Waals surface area contributed by atoms with Gasteiger partial charge < -0.3 is 20.3 Å².